The van der Waals surface area contributed by atoms with E-state index in [4.69, 9.17) is 45.0 Å². The molecule has 0 amide bonds. The first-order chi connectivity index (χ1) is 4.46. The van der Waals surface area contributed by atoms with Gasteiger partial charge in [-0.25, -0.2) is 0 Å². The maximum Gasteiger partial charge on any atom is 0.407 e. The lowest BCUT2D eigenvalue weighted by Gasteiger charge is -1.28. The summed E-state index contributed by atoms with van der Waals surface area (Å²) < 4.78 is 0. The second-order valence-corrected chi connectivity index (χ2v) is 10.9. The fourth-order valence-corrected chi connectivity index (χ4v) is 0. The standard InChI is InChI=1S/C2H4.2Cl2PS/c1-2;2*1-3(2)4/h1-2H2;;/q;2*+1. The maximum atomic E-state index is 4.92. The Kier molecular flexibility index (Phi) is 30.7. The summed E-state index contributed by atoms with van der Waals surface area (Å²) in [6.07, 6.45) is 0. The van der Waals surface area contributed by atoms with Gasteiger partial charge in [-0.2, -0.15) is 0 Å². The molecule has 0 radical (unpaired) electrons. The summed E-state index contributed by atoms with van der Waals surface area (Å²) in [5.74, 6) is 0. The van der Waals surface area contributed by atoms with Crippen LogP contribution in [0.2, 0.25) is 0 Å². The fraction of sp³-hybridized carbons (Fsp3) is 0. The molecular formula is C2H4Cl4P2S2+2. The quantitative estimate of drug-likeness (QED) is 0.440. The van der Waals surface area contributed by atoms with Crippen molar-refractivity contribution in [3.63, 3.8) is 0 Å². The highest BCUT2D eigenvalue weighted by molar-refractivity contribution is 8.29. The molecule has 0 bridgehead atoms. The van der Waals surface area contributed by atoms with Crippen molar-refractivity contribution in [1.29, 1.82) is 0 Å². The molecular weight excluding hydrogens is 292 g/mol. The molecule has 0 nitrogen and oxygen atoms in total. The van der Waals surface area contributed by atoms with Crippen molar-refractivity contribution in [1.82, 2.24) is 0 Å². The third-order valence-corrected chi connectivity index (χ3v) is 0. The van der Waals surface area contributed by atoms with Gasteiger partial charge in [-0.3, -0.25) is 0 Å². The molecule has 0 aliphatic carbocycles. The highest BCUT2D eigenvalue weighted by atomic mass is 35.9. The van der Waals surface area contributed by atoms with Crippen LogP contribution in [0.4, 0.5) is 0 Å². The van der Waals surface area contributed by atoms with Crippen LogP contribution in [0.1, 0.15) is 0 Å². The molecule has 0 atom stereocenters. The molecule has 0 heterocycles. The van der Waals surface area contributed by atoms with E-state index < -0.39 is 10.8 Å². The third-order valence-electron chi connectivity index (χ3n) is 0. The zero-order chi connectivity index (χ0) is 9.15. The Morgan fingerprint density at radius 2 is 0.800 bits per heavy atom. The zero-order valence-electron chi connectivity index (χ0n) is 4.64. The van der Waals surface area contributed by atoms with Gasteiger partial charge in [-0.05, 0) is 0 Å². The SMILES string of the molecule is C=C.S=[P+](Cl)Cl.S=[P+](Cl)Cl. The van der Waals surface area contributed by atoms with E-state index in [0.29, 0.717) is 0 Å². The van der Waals surface area contributed by atoms with E-state index in [1.54, 1.807) is 0 Å². The minimum atomic E-state index is -1.09. The Bertz CT molecular complexity index is 87.4. The second-order valence-electron chi connectivity index (χ2n) is 0.404. The molecule has 0 aliphatic heterocycles. The van der Waals surface area contributed by atoms with Crippen LogP contribution in [0.3, 0.4) is 0 Å². The summed E-state index contributed by atoms with van der Waals surface area (Å²) >= 11 is 28.1. The van der Waals surface area contributed by atoms with Crippen LogP contribution >= 0.6 is 55.8 Å². The monoisotopic (exact) mass is 294 g/mol. The van der Waals surface area contributed by atoms with Gasteiger partial charge < -0.3 is 0 Å². The number of hydrogen-bond donors (Lipinski definition) is 0. The lowest BCUT2D eigenvalue weighted by molar-refractivity contribution is 2.81. The van der Waals surface area contributed by atoms with E-state index in [1.807, 2.05) is 0 Å². The van der Waals surface area contributed by atoms with E-state index in [1.165, 1.54) is 0 Å². The van der Waals surface area contributed by atoms with Crippen molar-refractivity contribution in [3.8, 4) is 0 Å². The molecule has 0 aromatic carbocycles. The van der Waals surface area contributed by atoms with Crippen molar-refractivity contribution >= 4 is 79.4 Å². The summed E-state index contributed by atoms with van der Waals surface area (Å²) in [5, 5.41) is -2.19. The van der Waals surface area contributed by atoms with Gasteiger partial charge in [0.25, 0.3) is 0 Å². The lowest BCUT2D eigenvalue weighted by Crippen LogP contribution is -0.922. The third kappa shape index (κ3) is 211. The predicted molar refractivity (Wildman–Crippen MR) is 63.2 cm³/mol. The predicted octanol–water partition coefficient (Wildman–Crippen LogP) is 5.28. The van der Waals surface area contributed by atoms with Crippen molar-refractivity contribution < 1.29 is 0 Å². The number of halogens is 4. The van der Waals surface area contributed by atoms with E-state index in [2.05, 4.69) is 36.8 Å². The molecule has 10 heavy (non-hydrogen) atoms. The Labute approximate surface area is 91.9 Å². The van der Waals surface area contributed by atoms with Crippen molar-refractivity contribution in [2.45, 2.75) is 0 Å². The van der Waals surface area contributed by atoms with Gasteiger partial charge >= 0.3 is 10.8 Å². The molecule has 0 rings (SSSR count). The van der Waals surface area contributed by atoms with Crippen LogP contribution in [0.25, 0.3) is 0 Å². The van der Waals surface area contributed by atoms with Crippen molar-refractivity contribution in [3.05, 3.63) is 13.2 Å². The summed E-state index contributed by atoms with van der Waals surface area (Å²) in [6.45, 7) is 6.00. The number of hydrogen-bond acceptors (Lipinski definition) is 2. The van der Waals surface area contributed by atoms with Crippen molar-refractivity contribution in [2.75, 3.05) is 0 Å². The van der Waals surface area contributed by atoms with E-state index in [-0.39, 0.29) is 0 Å². The lowest BCUT2D eigenvalue weighted by atomic mass is 11.3. The highest BCUT2D eigenvalue weighted by Gasteiger charge is 1.89. The molecule has 0 saturated carbocycles. The molecule has 0 aromatic rings. The average molecular weight is 296 g/mol. The van der Waals surface area contributed by atoms with Gasteiger partial charge in [0.15, 0.2) is 45.0 Å². The molecule has 8 heteroatoms. The molecule has 0 aromatic heterocycles. The van der Waals surface area contributed by atoms with Gasteiger partial charge in [0.05, 0.1) is 0 Å². The maximum absolute atomic E-state index is 4.92. The van der Waals surface area contributed by atoms with Crippen LogP contribution in [0.15, 0.2) is 13.2 Å². The highest BCUT2D eigenvalue weighted by Crippen LogP contribution is 2.32. The summed E-state index contributed by atoms with van der Waals surface area (Å²) in [5.41, 5.74) is 0. The Balaban J connectivity index is -0.0000000787. The topological polar surface area (TPSA) is 0 Å². The number of rotatable bonds is 0. The van der Waals surface area contributed by atoms with Crippen LogP contribution < -0.4 is 0 Å². The first kappa shape index (κ1) is 17.9. The average Bonchev–Trinajstić information content (AvgIpc) is 1.66. The van der Waals surface area contributed by atoms with E-state index in [9.17, 15) is 0 Å². The normalized spacial score (nSPS) is 5.60. The zero-order valence-corrected chi connectivity index (χ0v) is 11.1. The molecule has 0 aliphatic rings. The van der Waals surface area contributed by atoms with Gasteiger partial charge in [0.1, 0.15) is 0 Å². The molecule has 0 unspecified atom stereocenters. The van der Waals surface area contributed by atoms with E-state index in [0.717, 1.165) is 0 Å². The molecule has 60 valence electrons. The van der Waals surface area contributed by atoms with Crippen molar-refractivity contribution in [2.24, 2.45) is 0 Å². The van der Waals surface area contributed by atoms with Crippen LogP contribution in [-0.2, 0) is 23.6 Å². The Morgan fingerprint density at radius 1 is 0.800 bits per heavy atom. The Morgan fingerprint density at radius 3 is 0.800 bits per heavy atom. The van der Waals surface area contributed by atoms with Crippen LogP contribution in [0, 0.1) is 0 Å². The summed E-state index contributed by atoms with van der Waals surface area (Å²) in [4.78, 5) is 0. The Hall–Kier alpha value is 1.94. The second kappa shape index (κ2) is 17.1. The van der Waals surface area contributed by atoms with Gasteiger partial charge in [0, 0.05) is 0 Å². The first-order valence-electron chi connectivity index (χ1n) is 1.54. The summed E-state index contributed by atoms with van der Waals surface area (Å²) in [7, 11) is 0. The van der Waals surface area contributed by atoms with Gasteiger partial charge in [0.2, 0.25) is 23.6 Å². The minimum absolute atomic E-state index is 1.09. The fourth-order valence-electron chi connectivity index (χ4n) is 0. The van der Waals surface area contributed by atoms with E-state index >= 15 is 0 Å². The molecule has 0 fully saturated rings. The summed E-state index contributed by atoms with van der Waals surface area (Å²) in [6, 6.07) is 0. The largest absolute Gasteiger partial charge is 0.407 e. The van der Waals surface area contributed by atoms with Crippen LogP contribution in [-0.4, -0.2) is 0 Å². The molecule has 0 saturated heterocycles. The van der Waals surface area contributed by atoms with Gasteiger partial charge in [-0.15, -0.1) is 13.2 Å². The smallest absolute Gasteiger partial charge is 0.106 e. The molecule has 0 N–H and O–H groups in total. The first-order valence-corrected chi connectivity index (χ1v) is 9.87. The minimum Gasteiger partial charge on any atom is -0.106 e. The molecule has 0 spiro atoms. The van der Waals surface area contributed by atoms with Crippen LogP contribution in [0.5, 0.6) is 0 Å². The van der Waals surface area contributed by atoms with Gasteiger partial charge in [-0.1, -0.05) is 0 Å².